The fraction of sp³-hybridized carbons (Fsp3) is 0. The van der Waals surface area contributed by atoms with Crippen LogP contribution in [0.15, 0.2) is 105 Å². The van der Waals surface area contributed by atoms with E-state index < -0.39 is 0 Å². The minimum Gasteiger partial charge on any atom is -0.0888 e. The van der Waals surface area contributed by atoms with Crippen LogP contribution < -0.4 is 0 Å². The summed E-state index contributed by atoms with van der Waals surface area (Å²) < 4.78 is 1.10. The van der Waals surface area contributed by atoms with Gasteiger partial charge in [-0.3, -0.25) is 0 Å². The van der Waals surface area contributed by atoms with Crippen LogP contribution in [0.25, 0.3) is 34.4 Å². The van der Waals surface area contributed by atoms with Crippen molar-refractivity contribution in [1.82, 2.24) is 0 Å². The van der Waals surface area contributed by atoms with Gasteiger partial charge in [0.25, 0.3) is 0 Å². The summed E-state index contributed by atoms with van der Waals surface area (Å²) in [4.78, 5) is 2.61. The lowest BCUT2D eigenvalue weighted by molar-refractivity contribution is 1.39. The summed E-state index contributed by atoms with van der Waals surface area (Å²) in [6.07, 6.45) is 4.45. The molecule has 134 valence electrons. The summed E-state index contributed by atoms with van der Waals surface area (Å²) in [5, 5.41) is 0. The SMILES string of the molecule is Brc1ccc(-c2ccc(-c3ccc4c(c3)C=Cc3ccccc3S4)cc2)cc1. The molecule has 0 fully saturated rings. The van der Waals surface area contributed by atoms with Gasteiger partial charge in [0, 0.05) is 14.3 Å². The second-order valence-corrected chi connectivity index (χ2v) is 8.81. The Balaban J connectivity index is 1.47. The third kappa shape index (κ3) is 3.46. The van der Waals surface area contributed by atoms with E-state index in [2.05, 4.69) is 119 Å². The van der Waals surface area contributed by atoms with E-state index in [9.17, 15) is 0 Å². The molecule has 2 heteroatoms. The van der Waals surface area contributed by atoms with E-state index in [0.29, 0.717) is 0 Å². The molecule has 0 saturated carbocycles. The normalized spacial score (nSPS) is 12.2. The van der Waals surface area contributed by atoms with Crippen LogP contribution >= 0.6 is 27.7 Å². The summed E-state index contributed by atoms with van der Waals surface area (Å²) in [6.45, 7) is 0. The van der Waals surface area contributed by atoms with E-state index in [4.69, 9.17) is 0 Å². The first-order valence-electron chi connectivity index (χ1n) is 9.22. The van der Waals surface area contributed by atoms with E-state index in [1.807, 2.05) is 11.8 Å². The van der Waals surface area contributed by atoms with Crippen molar-refractivity contribution in [3.8, 4) is 22.3 Å². The average molecular weight is 441 g/mol. The van der Waals surface area contributed by atoms with E-state index in [0.717, 1.165) is 4.47 Å². The molecular weight excluding hydrogens is 424 g/mol. The molecule has 1 aliphatic rings. The molecule has 1 heterocycles. The molecule has 4 aromatic rings. The van der Waals surface area contributed by atoms with Gasteiger partial charge < -0.3 is 0 Å². The third-order valence-electron chi connectivity index (χ3n) is 4.99. The summed E-state index contributed by atoms with van der Waals surface area (Å²) >= 11 is 5.34. The number of rotatable bonds is 2. The largest absolute Gasteiger partial charge is 0.0888 e. The molecule has 0 nitrogen and oxygen atoms in total. The fourth-order valence-electron chi connectivity index (χ4n) is 3.46. The van der Waals surface area contributed by atoms with Gasteiger partial charge in [0.1, 0.15) is 0 Å². The smallest absolute Gasteiger partial charge is 0.0195 e. The van der Waals surface area contributed by atoms with Gasteiger partial charge >= 0.3 is 0 Å². The number of halogens is 1. The van der Waals surface area contributed by atoms with Gasteiger partial charge in [-0.1, -0.05) is 101 Å². The standard InChI is InChI=1S/C26H17BrS/c27-24-14-11-19(12-15-24)18-5-7-20(8-6-18)22-13-16-26-23(17-22)10-9-21-3-1-2-4-25(21)28-26/h1-17H. The van der Waals surface area contributed by atoms with Crippen LogP contribution in [0.3, 0.4) is 0 Å². The van der Waals surface area contributed by atoms with Gasteiger partial charge in [-0.2, -0.15) is 0 Å². The zero-order valence-corrected chi connectivity index (χ0v) is 17.5. The highest BCUT2D eigenvalue weighted by Crippen LogP contribution is 2.39. The number of hydrogen-bond acceptors (Lipinski definition) is 1. The van der Waals surface area contributed by atoms with Gasteiger partial charge in [0.05, 0.1) is 0 Å². The molecule has 0 atom stereocenters. The van der Waals surface area contributed by atoms with Crippen LogP contribution in [0.1, 0.15) is 11.1 Å². The summed E-state index contributed by atoms with van der Waals surface area (Å²) in [6, 6.07) is 32.6. The van der Waals surface area contributed by atoms with E-state index in [1.165, 1.54) is 43.2 Å². The van der Waals surface area contributed by atoms with Crippen LogP contribution in [-0.2, 0) is 0 Å². The molecular formula is C26H17BrS. The van der Waals surface area contributed by atoms with Crippen molar-refractivity contribution in [3.63, 3.8) is 0 Å². The molecule has 0 spiro atoms. The average Bonchev–Trinajstić information content (AvgIpc) is 2.93. The van der Waals surface area contributed by atoms with Gasteiger partial charge in [0.2, 0.25) is 0 Å². The molecule has 0 unspecified atom stereocenters. The van der Waals surface area contributed by atoms with Crippen LogP contribution in [-0.4, -0.2) is 0 Å². The highest BCUT2D eigenvalue weighted by molar-refractivity contribution is 9.10. The lowest BCUT2D eigenvalue weighted by Gasteiger charge is -2.09. The first-order valence-corrected chi connectivity index (χ1v) is 10.8. The molecule has 0 aliphatic carbocycles. The third-order valence-corrected chi connectivity index (χ3v) is 6.70. The molecule has 0 N–H and O–H groups in total. The van der Waals surface area contributed by atoms with Gasteiger partial charge in [-0.25, -0.2) is 0 Å². The van der Waals surface area contributed by atoms with Gasteiger partial charge in [-0.15, -0.1) is 0 Å². The van der Waals surface area contributed by atoms with E-state index in [1.54, 1.807) is 0 Å². The molecule has 5 rings (SSSR count). The Morgan fingerprint density at radius 3 is 1.79 bits per heavy atom. The van der Waals surface area contributed by atoms with Crippen LogP contribution in [0.5, 0.6) is 0 Å². The Morgan fingerprint density at radius 2 is 1.04 bits per heavy atom. The van der Waals surface area contributed by atoms with Gasteiger partial charge in [0.15, 0.2) is 0 Å². The Kier molecular flexibility index (Phi) is 4.67. The van der Waals surface area contributed by atoms with Crippen LogP contribution in [0, 0.1) is 0 Å². The number of benzene rings is 4. The molecule has 4 aromatic carbocycles. The first-order chi connectivity index (χ1) is 13.8. The van der Waals surface area contributed by atoms with Crippen molar-refractivity contribution in [2.75, 3.05) is 0 Å². The number of hydrogen-bond donors (Lipinski definition) is 0. The topological polar surface area (TPSA) is 0 Å². The van der Waals surface area contributed by atoms with Gasteiger partial charge in [-0.05, 0) is 63.7 Å². The molecule has 0 aromatic heterocycles. The first kappa shape index (κ1) is 17.5. The van der Waals surface area contributed by atoms with E-state index >= 15 is 0 Å². The predicted molar refractivity (Wildman–Crippen MR) is 125 cm³/mol. The maximum absolute atomic E-state index is 3.50. The van der Waals surface area contributed by atoms with Crippen molar-refractivity contribution in [3.05, 3.63) is 107 Å². The highest BCUT2D eigenvalue weighted by atomic mass is 79.9. The monoisotopic (exact) mass is 440 g/mol. The Labute approximate surface area is 178 Å². The van der Waals surface area contributed by atoms with Crippen molar-refractivity contribution < 1.29 is 0 Å². The van der Waals surface area contributed by atoms with Crippen molar-refractivity contribution >= 4 is 39.8 Å². The van der Waals surface area contributed by atoms with Crippen LogP contribution in [0.4, 0.5) is 0 Å². The minimum atomic E-state index is 1.10. The van der Waals surface area contributed by atoms with Crippen molar-refractivity contribution in [2.24, 2.45) is 0 Å². The molecule has 0 bridgehead atoms. The Morgan fingerprint density at radius 1 is 0.500 bits per heavy atom. The zero-order chi connectivity index (χ0) is 18.9. The zero-order valence-electron chi connectivity index (χ0n) is 15.1. The maximum Gasteiger partial charge on any atom is 0.0195 e. The summed E-state index contributed by atoms with van der Waals surface area (Å²) in [7, 11) is 0. The molecule has 0 amide bonds. The molecule has 1 aliphatic heterocycles. The maximum atomic E-state index is 3.50. The lowest BCUT2D eigenvalue weighted by Crippen LogP contribution is -1.84. The predicted octanol–water partition coefficient (Wildman–Crippen LogP) is 8.42. The van der Waals surface area contributed by atoms with Crippen LogP contribution in [0.2, 0.25) is 0 Å². The minimum absolute atomic E-state index is 1.10. The Hall–Kier alpha value is -2.55. The Bertz CT molecular complexity index is 1170. The summed E-state index contributed by atoms with van der Waals surface area (Å²) in [5.74, 6) is 0. The second kappa shape index (κ2) is 7.46. The molecule has 28 heavy (non-hydrogen) atoms. The van der Waals surface area contributed by atoms with E-state index in [-0.39, 0.29) is 0 Å². The quantitative estimate of drug-likeness (QED) is 0.265. The number of fused-ring (bicyclic) bond motifs is 2. The lowest BCUT2D eigenvalue weighted by atomic mass is 9.99. The molecule has 0 radical (unpaired) electrons. The van der Waals surface area contributed by atoms with Crippen molar-refractivity contribution in [1.29, 1.82) is 0 Å². The second-order valence-electron chi connectivity index (χ2n) is 6.81. The fourth-order valence-corrected chi connectivity index (χ4v) is 4.74. The molecule has 0 saturated heterocycles. The summed E-state index contributed by atoms with van der Waals surface area (Å²) in [5.41, 5.74) is 7.51. The van der Waals surface area contributed by atoms with Crippen molar-refractivity contribution in [2.45, 2.75) is 9.79 Å². The highest BCUT2D eigenvalue weighted by Gasteiger charge is 2.11.